The number of likely N-dealkylation sites (tertiary alicyclic amines) is 1. The lowest BCUT2D eigenvalue weighted by molar-refractivity contribution is -0.139. The first-order chi connectivity index (χ1) is 10.5. The van der Waals surface area contributed by atoms with Gasteiger partial charge in [0.1, 0.15) is 0 Å². The summed E-state index contributed by atoms with van der Waals surface area (Å²) >= 11 is 6.02. The molecule has 1 aliphatic carbocycles. The number of hydrogen-bond donors (Lipinski definition) is 1. The first-order valence-electron chi connectivity index (χ1n) is 7.48. The van der Waals surface area contributed by atoms with Gasteiger partial charge in [0.25, 0.3) is 0 Å². The first kappa shape index (κ1) is 15.1. The molecule has 0 unspecified atom stereocenters. The summed E-state index contributed by atoms with van der Waals surface area (Å²) in [7, 11) is 0. The molecule has 4 nitrogen and oxygen atoms in total. The zero-order valence-corrected chi connectivity index (χ0v) is 13.5. The highest BCUT2D eigenvalue weighted by Gasteiger charge is 2.48. The van der Waals surface area contributed by atoms with E-state index in [0.717, 1.165) is 16.8 Å². The van der Waals surface area contributed by atoms with Crippen molar-refractivity contribution in [3.8, 4) is 0 Å². The number of nitrogens with one attached hydrogen (secondary N) is 1. The average Bonchev–Trinajstić information content (AvgIpc) is 2.72. The van der Waals surface area contributed by atoms with Gasteiger partial charge in [-0.25, -0.2) is 0 Å². The number of rotatable bonds is 3. The van der Waals surface area contributed by atoms with Gasteiger partial charge in [0.2, 0.25) is 11.8 Å². The molecule has 3 rings (SSSR count). The number of imide groups is 1. The third kappa shape index (κ3) is 2.63. The largest absolute Gasteiger partial charge is 0.367 e. The van der Waals surface area contributed by atoms with E-state index in [1.165, 1.54) is 4.90 Å². The predicted octanol–water partition coefficient (Wildman–Crippen LogP) is 3.19. The van der Waals surface area contributed by atoms with Gasteiger partial charge in [0.05, 0.1) is 18.5 Å². The highest BCUT2D eigenvalue weighted by Crippen LogP contribution is 2.38. The summed E-state index contributed by atoms with van der Waals surface area (Å²) in [5.41, 5.74) is 3.18. The van der Waals surface area contributed by atoms with Crippen LogP contribution in [0.25, 0.3) is 0 Å². The standard InChI is InChI=1S/C17H19ClN2O2/c1-10-3-4-11(2)15(7-10)19-9-20-16(21)13-6-5-12(18)8-14(13)17(20)22/h3-5,7,13-14,19H,6,8-9H2,1-2H3/t13-,14-/m1/s1. The van der Waals surface area contributed by atoms with Crippen molar-refractivity contribution >= 4 is 29.1 Å². The number of allylic oxidation sites excluding steroid dienone is 2. The number of carbonyl (C=O) groups excluding carboxylic acids is 2. The monoisotopic (exact) mass is 318 g/mol. The molecule has 1 aliphatic heterocycles. The molecule has 0 bridgehead atoms. The van der Waals surface area contributed by atoms with Crippen LogP contribution in [-0.2, 0) is 9.59 Å². The third-order valence-corrected chi connectivity index (χ3v) is 4.79. The maximum Gasteiger partial charge on any atom is 0.234 e. The first-order valence-corrected chi connectivity index (χ1v) is 7.86. The molecule has 1 aromatic rings. The van der Waals surface area contributed by atoms with Gasteiger partial charge in [-0.05, 0) is 43.9 Å². The van der Waals surface area contributed by atoms with E-state index in [0.29, 0.717) is 17.9 Å². The Morgan fingerprint density at radius 2 is 1.95 bits per heavy atom. The number of halogens is 1. The van der Waals surface area contributed by atoms with Crippen molar-refractivity contribution in [3.05, 3.63) is 40.4 Å². The van der Waals surface area contributed by atoms with Crippen molar-refractivity contribution in [1.82, 2.24) is 4.90 Å². The summed E-state index contributed by atoms with van der Waals surface area (Å²) in [6.45, 7) is 4.23. The third-order valence-electron chi connectivity index (χ3n) is 4.48. The fraction of sp³-hybridized carbons (Fsp3) is 0.412. The lowest BCUT2D eigenvalue weighted by Crippen LogP contribution is -2.35. The maximum atomic E-state index is 12.4. The van der Waals surface area contributed by atoms with Crippen LogP contribution < -0.4 is 5.32 Å². The summed E-state index contributed by atoms with van der Waals surface area (Å²) in [6.07, 6.45) is 2.90. The minimum atomic E-state index is -0.287. The molecular weight excluding hydrogens is 300 g/mol. The number of nitrogens with zero attached hydrogens (tertiary/aromatic N) is 1. The topological polar surface area (TPSA) is 49.4 Å². The second kappa shape index (κ2) is 5.76. The Morgan fingerprint density at radius 3 is 2.73 bits per heavy atom. The number of anilines is 1. The van der Waals surface area contributed by atoms with Gasteiger partial charge in [0, 0.05) is 10.7 Å². The lowest BCUT2D eigenvalue weighted by atomic mass is 9.85. The molecule has 2 amide bonds. The Labute approximate surface area is 135 Å². The Balaban J connectivity index is 1.72. The molecule has 116 valence electrons. The van der Waals surface area contributed by atoms with Gasteiger partial charge in [0.15, 0.2) is 0 Å². The van der Waals surface area contributed by atoms with E-state index in [-0.39, 0.29) is 30.3 Å². The molecule has 0 aromatic heterocycles. The molecule has 0 radical (unpaired) electrons. The number of carbonyl (C=O) groups is 2. The van der Waals surface area contributed by atoms with E-state index < -0.39 is 0 Å². The van der Waals surface area contributed by atoms with Crippen LogP contribution in [-0.4, -0.2) is 23.4 Å². The predicted molar refractivity (Wildman–Crippen MR) is 86.4 cm³/mol. The van der Waals surface area contributed by atoms with Gasteiger partial charge in [-0.2, -0.15) is 0 Å². The van der Waals surface area contributed by atoms with Crippen LogP contribution in [0.3, 0.4) is 0 Å². The summed E-state index contributed by atoms with van der Waals surface area (Å²) < 4.78 is 0. The van der Waals surface area contributed by atoms with Gasteiger partial charge in [-0.1, -0.05) is 29.8 Å². The molecule has 1 saturated heterocycles. The van der Waals surface area contributed by atoms with Crippen molar-refractivity contribution in [2.75, 3.05) is 12.0 Å². The van der Waals surface area contributed by atoms with Crippen LogP contribution in [0, 0.1) is 25.7 Å². The number of aryl methyl sites for hydroxylation is 2. The van der Waals surface area contributed by atoms with Crippen molar-refractivity contribution in [2.24, 2.45) is 11.8 Å². The van der Waals surface area contributed by atoms with E-state index in [1.54, 1.807) is 0 Å². The Hall–Kier alpha value is -1.81. The Kier molecular flexibility index (Phi) is 3.96. The van der Waals surface area contributed by atoms with Crippen molar-refractivity contribution in [2.45, 2.75) is 26.7 Å². The smallest absolute Gasteiger partial charge is 0.234 e. The molecule has 2 aliphatic rings. The summed E-state index contributed by atoms with van der Waals surface area (Å²) in [5.74, 6) is -0.729. The van der Waals surface area contributed by atoms with E-state index in [4.69, 9.17) is 11.6 Å². The second-order valence-corrected chi connectivity index (χ2v) is 6.55. The van der Waals surface area contributed by atoms with E-state index in [2.05, 4.69) is 5.32 Å². The molecule has 1 N–H and O–H groups in total. The molecule has 0 spiro atoms. The van der Waals surface area contributed by atoms with Crippen LogP contribution in [0.1, 0.15) is 24.0 Å². The second-order valence-electron chi connectivity index (χ2n) is 6.06. The van der Waals surface area contributed by atoms with Crippen LogP contribution in [0.5, 0.6) is 0 Å². The fourth-order valence-electron chi connectivity index (χ4n) is 3.14. The highest BCUT2D eigenvalue weighted by molar-refractivity contribution is 6.30. The van der Waals surface area contributed by atoms with E-state index in [1.807, 2.05) is 38.1 Å². The average molecular weight is 319 g/mol. The molecule has 1 aromatic carbocycles. The number of hydrogen-bond acceptors (Lipinski definition) is 3. The minimum Gasteiger partial charge on any atom is -0.367 e. The molecule has 1 heterocycles. The zero-order valence-electron chi connectivity index (χ0n) is 12.7. The molecule has 2 atom stereocenters. The van der Waals surface area contributed by atoms with E-state index in [9.17, 15) is 9.59 Å². The van der Waals surface area contributed by atoms with Crippen LogP contribution >= 0.6 is 11.6 Å². The van der Waals surface area contributed by atoms with Crippen LogP contribution in [0.4, 0.5) is 5.69 Å². The quantitative estimate of drug-likeness (QED) is 0.871. The van der Waals surface area contributed by atoms with Gasteiger partial charge < -0.3 is 5.32 Å². The normalized spacial score (nSPS) is 24.3. The highest BCUT2D eigenvalue weighted by atomic mass is 35.5. The van der Waals surface area contributed by atoms with Gasteiger partial charge in [-0.3, -0.25) is 14.5 Å². The maximum absolute atomic E-state index is 12.4. The summed E-state index contributed by atoms with van der Waals surface area (Å²) in [4.78, 5) is 26.2. The molecule has 1 fully saturated rings. The molecule has 22 heavy (non-hydrogen) atoms. The number of amides is 2. The number of fused-ring (bicyclic) bond motifs is 1. The van der Waals surface area contributed by atoms with Crippen LogP contribution in [0.2, 0.25) is 0 Å². The van der Waals surface area contributed by atoms with Gasteiger partial charge in [-0.15, -0.1) is 0 Å². The molecule has 0 saturated carbocycles. The van der Waals surface area contributed by atoms with Crippen molar-refractivity contribution < 1.29 is 9.59 Å². The fourth-order valence-corrected chi connectivity index (χ4v) is 3.40. The SMILES string of the molecule is Cc1ccc(C)c(NCN2C(=O)[C@@H]3CC=C(Cl)C[C@H]3C2=O)c1. The van der Waals surface area contributed by atoms with Gasteiger partial charge >= 0.3 is 0 Å². The Morgan fingerprint density at radius 1 is 1.23 bits per heavy atom. The minimum absolute atomic E-state index is 0.0896. The Bertz CT molecular complexity index is 669. The lowest BCUT2D eigenvalue weighted by Gasteiger charge is -2.18. The van der Waals surface area contributed by atoms with E-state index >= 15 is 0 Å². The molecular formula is C17H19ClN2O2. The van der Waals surface area contributed by atoms with Crippen LogP contribution in [0.15, 0.2) is 29.3 Å². The van der Waals surface area contributed by atoms with Crippen molar-refractivity contribution in [3.63, 3.8) is 0 Å². The number of benzene rings is 1. The van der Waals surface area contributed by atoms with Crippen molar-refractivity contribution in [1.29, 1.82) is 0 Å². The summed E-state index contributed by atoms with van der Waals surface area (Å²) in [5, 5.41) is 3.90. The summed E-state index contributed by atoms with van der Waals surface area (Å²) in [6, 6.07) is 6.08. The molecule has 5 heteroatoms. The zero-order chi connectivity index (χ0) is 15.9.